The fraction of sp³-hybridized carbons (Fsp3) is 0.357. The first-order valence-electron chi connectivity index (χ1n) is 6.76. The Morgan fingerprint density at radius 2 is 2.38 bits per heavy atom. The van der Waals surface area contributed by atoms with E-state index in [9.17, 15) is 4.79 Å². The summed E-state index contributed by atoms with van der Waals surface area (Å²) in [6.45, 7) is 3.69. The van der Waals surface area contributed by atoms with Crippen molar-refractivity contribution in [1.82, 2.24) is 15.1 Å². The van der Waals surface area contributed by atoms with Gasteiger partial charge >= 0.3 is 6.03 Å². The van der Waals surface area contributed by atoms with E-state index >= 15 is 0 Å². The molecule has 110 valence electrons. The molecule has 0 unspecified atom stereocenters. The molecule has 0 aliphatic carbocycles. The van der Waals surface area contributed by atoms with Gasteiger partial charge in [-0.1, -0.05) is 6.07 Å². The van der Waals surface area contributed by atoms with Gasteiger partial charge in [-0.15, -0.1) is 10.2 Å². The number of hydrogen-bond acceptors (Lipinski definition) is 5. The molecule has 21 heavy (non-hydrogen) atoms. The zero-order chi connectivity index (χ0) is 14.7. The topological polar surface area (TPSA) is 80.5 Å². The Labute approximate surface area is 121 Å². The number of benzene rings is 1. The van der Waals surface area contributed by atoms with E-state index in [1.165, 1.54) is 6.39 Å². The monoisotopic (exact) mass is 288 g/mol. The lowest BCUT2D eigenvalue weighted by Crippen LogP contribution is -2.48. The molecule has 1 aliphatic rings. The van der Waals surface area contributed by atoms with Gasteiger partial charge in [-0.2, -0.15) is 0 Å². The van der Waals surface area contributed by atoms with Crippen LogP contribution in [-0.2, 0) is 4.74 Å². The SMILES string of the molecule is C[C@H]1COCCN1C(=O)Nc1cccc(-c2nnco2)c1. The van der Waals surface area contributed by atoms with Crippen molar-refractivity contribution in [2.45, 2.75) is 13.0 Å². The van der Waals surface area contributed by atoms with Gasteiger partial charge in [-0.25, -0.2) is 4.79 Å². The van der Waals surface area contributed by atoms with Gasteiger partial charge in [0.2, 0.25) is 12.3 Å². The lowest BCUT2D eigenvalue weighted by Gasteiger charge is -2.33. The number of urea groups is 1. The fourth-order valence-corrected chi connectivity index (χ4v) is 2.25. The van der Waals surface area contributed by atoms with Crippen molar-refractivity contribution in [3.8, 4) is 11.5 Å². The van der Waals surface area contributed by atoms with Gasteiger partial charge in [0.05, 0.1) is 19.3 Å². The first-order chi connectivity index (χ1) is 10.2. The van der Waals surface area contributed by atoms with Crippen LogP contribution in [0.4, 0.5) is 10.5 Å². The van der Waals surface area contributed by atoms with Gasteiger partial charge in [-0.05, 0) is 25.1 Å². The summed E-state index contributed by atoms with van der Waals surface area (Å²) in [5.74, 6) is 0.422. The summed E-state index contributed by atoms with van der Waals surface area (Å²) in [5, 5.41) is 10.4. The van der Waals surface area contributed by atoms with Crippen molar-refractivity contribution in [2.24, 2.45) is 0 Å². The second-order valence-electron chi connectivity index (χ2n) is 4.87. The van der Waals surface area contributed by atoms with Gasteiger partial charge < -0.3 is 19.4 Å². The average molecular weight is 288 g/mol. The van der Waals surface area contributed by atoms with Crippen molar-refractivity contribution >= 4 is 11.7 Å². The average Bonchev–Trinajstić information content (AvgIpc) is 3.02. The third kappa shape index (κ3) is 3.03. The highest BCUT2D eigenvalue weighted by molar-refractivity contribution is 5.90. The quantitative estimate of drug-likeness (QED) is 0.914. The number of aromatic nitrogens is 2. The van der Waals surface area contributed by atoms with Crippen LogP contribution < -0.4 is 5.32 Å². The molecule has 1 N–H and O–H groups in total. The second kappa shape index (κ2) is 5.92. The Kier molecular flexibility index (Phi) is 3.83. The van der Waals surface area contributed by atoms with Crippen LogP contribution in [0.25, 0.3) is 11.5 Å². The predicted molar refractivity (Wildman–Crippen MR) is 75.7 cm³/mol. The molecular weight excluding hydrogens is 272 g/mol. The second-order valence-corrected chi connectivity index (χ2v) is 4.87. The fourth-order valence-electron chi connectivity index (χ4n) is 2.25. The first-order valence-corrected chi connectivity index (χ1v) is 6.76. The van der Waals surface area contributed by atoms with Crippen LogP contribution in [0.3, 0.4) is 0 Å². The van der Waals surface area contributed by atoms with Crippen molar-refractivity contribution in [2.75, 3.05) is 25.1 Å². The van der Waals surface area contributed by atoms with Gasteiger partial charge in [0.25, 0.3) is 0 Å². The molecule has 7 nitrogen and oxygen atoms in total. The number of morpholine rings is 1. The molecule has 2 heterocycles. The summed E-state index contributed by atoms with van der Waals surface area (Å²) in [5.41, 5.74) is 1.45. The molecule has 2 amide bonds. The number of carbonyl (C=O) groups is 1. The molecule has 1 aromatic carbocycles. The van der Waals surface area contributed by atoms with Crippen molar-refractivity contribution in [1.29, 1.82) is 0 Å². The van der Waals surface area contributed by atoms with E-state index in [2.05, 4.69) is 15.5 Å². The van der Waals surface area contributed by atoms with Crippen LogP contribution >= 0.6 is 0 Å². The van der Waals surface area contributed by atoms with Crippen LogP contribution in [0.1, 0.15) is 6.92 Å². The Balaban J connectivity index is 1.73. The highest BCUT2D eigenvalue weighted by atomic mass is 16.5. The third-order valence-electron chi connectivity index (χ3n) is 3.35. The van der Waals surface area contributed by atoms with Crippen LogP contribution in [0.15, 0.2) is 35.1 Å². The van der Waals surface area contributed by atoms with E-state index < -0.39 is 0 Å². The molecule has 0 bridgehead atoms. The van der Waals surface area contributed by atoms with Gasteiger partial charge in [0.1, 0.15) is 0 Å². The van der Waals surface area contributed by atoms with E-state index in [-0.39, 0.29) is 12.1 Å². The Bertz CT molecular complexity index is 614. The smallest absolute Gasteiger partial charge is 0.322 e. The van der Waals surface area contributed by atoms with Crippen LogP contribution in [0.5, 0.6) is 0 Å². The molecule has 1 saturated heterocycles. The number of nitrogens with one attached hydrogen (secondary N) is 1. The molecule has 1 aromatic heterocycles. The number of rotatable bonds is 2. The standard InChI is InChI=1S/C14H16N4O3/c1-10-8-20-6-5-18(10)14(19)16-12-4-2-3-11(7-12)13-17-15-9-21-13/h2-4,7,9-10H,5-6,8H2,1H3,(H,16,19)/t10-/m0/s1. The highest BCUT2D eigenvalue weighted by Crippen LogP contribution is 2.21. The van der Waals surface area contributed by atoms with Gasteiger partial charge in [0, 0.05) is 17.8 Å². The molecule has 3 rings (SSSR count). The van der Waals surface area contributed by atoms with E-state index in [0.29, 0.717) is 31.3 Å². The van der Waals surface area contributed by atoms with E-state index in [1.54, 1.807) is 11.0 Å². The largest absolute Gasteiger partial charge is 0.423 e. The summed E-state index contributed by atoms with van der Waals surface area (Å²) in [4.78, 5) is 14.1. The molecular formula is C14H16N4O3. The summed E-state index contributed by atoms with van der Waals surface area (Å²) in [7, 11) is 0. The number of hydrogen-bond donors (Lipinski definition) is 1. The first kappa shape index (κ1) is 13.6. The molecule has 1 atom stereocenters. The zero-order valence-corrected chi connectivity index (χ0v) is 11.7. The maximum atomic E-state index is 12.3. The van der Waals surface area contributed by atoms with Gasteiger partial charge in [-0.3, -0.25) is 0 Å². The summed E-state index contributed by atoms with van der Waals surface area (Å²) >= 11 is 0. The number of carbonyl (C=O) groups excluding carboxylic acids is 1. The van der Waals surface area contributed by atoms with E-state index in [1.807, 2.05) is 25.1 Å². The van der Waals surface area contributed by atoms with Gasteiger partial charge in [0.15, 0.2) is 0 Å². The van der Waals surface area contributed by atoms with Crippen molar-refractivity contribution in [3.63, 3.8) is 0 Å². The lowest BCUT2D eigenvalue weighted by molar-refractivity contribution is 0.0222. The summed E-state index contributed by atoms with van der Waals surface area (Å²) in [6.07, 6.45) is 1.27. The molecule has 7 heteroatoms. The Morgan fingerprint density at radius 1 is 1.48 bits per heavy atom. The maximum Gasteiger partial charge on any atom is 0.322 e. The minimum absolute atomic E-state index is 0.0675. The lowest BCUT2D eigenvalue weighted by atomic mass is 10.2. The maximum absolute atomic E-state index is 12.3. The normalized spacial score (nSPS) is 18.5. The molecule has 1 fully saturated rings. The minimum Gasteiger partial charge on any atom is -0.423 e. The Hall–Kier alpha value is -2.41. The number of amides is 2. The Morgan fingerprint density at radius 3 is 3.14 bits per heavy atom. The summed E-state index contributed by atoms with van der Waals surface area (Å²) < 4.78 is 10.5. The summed E-state index contributed by atoms with van der Waals surface area (Å²) in [6, 6.07) is 7.24. The van der Waals surface area contributed by atoms with E-state index in [4.69, 9.17) is 9.15 Å². The molecule has 1 aliphatic heterocycles. The van der Waals surface area contributed by atoms with Crippen LogP contribution in [0.2, 0.25) is 0 Å². The highest BCUT2D eigenvalue weighted by Gasteiger charge is 2.23. The minimum atomic E-state index is -0.131. The number of nitrogens with zero attached hydrogens (tertiary/aromatic N) is 3. The van der Waals surface area contributed by atoms with Crippen molar-refractivity contribution in [3.05, 3.63) is 30.7 Å². The molecule has 0 radical (unpaired) electrons. The molecule has 0 saturated carbocycles. The predicted octanol–water partition coefficient (Wildman–Crippen LogP) is 1.99. The van der Waals surface area contributed by atoms with Crippen molar-refractivity contribution < 1.29 is 13.9 Å². The number of ether oxygens (including phenoxy) is 1. The number of anilines is 1. The zero-order valence-electron chi connectivity index (χ0n) is 11.7. The molecule has 0 spiro atoms. The molecule has 2 aromatic rings. The van der Waals surface area contributed by atoms with Crippen LogP contribution in [0, 0.1) is 0 Å². The van der Waals surface area contributed by atoms with Crippen LogP contribution in [-0.4, -0.2) is 46.9 Å². The van der Waals surface area contributed by atoms with E-state index in [0.717, 1.165) is 5.56 Å². The third-order valence-corrected chi connectivity index (χ3v) is 3.35.